The van der Waals surface area contributed by atoms with E-state index in [-0.39, 0.29) is 11.5 Å². The number of aromatic nitrogens is 2. The zero-order valence-electron chi connectivity index (χ0n) is 15.3. The second-order valence-electron chi connectivity index (χ2n) is 6.42. The number of anilines is 3. The number of nitrogens with zero attached hydrogens (tertiary/aromatic N) is 4. The van der Waals surface area contributed by atoms with Crippen molar-refractivity contribution in [2.45, 2.75) is 13.0 Å². The molecule has 4 rings (SSSR count). The molecule has 0 amide bonds. The SMILES string of the molecule is COc1ccccc1Nc1ncnc(N2CCc3ccccc3C2)c1[N+](=O)[O-]. The van der Waals surface area contributed by atoms with Crippen molar-refractivity contribution in [3.8, 4) is 5.75 Å². The van der Waals surface area contributed by atoms with Gasteiger partial charge in [-0.25, -0.2) is 9.97 Å². The van der Waals surface area contributed by atoms with Crippen molar-refractivity contribution in [1.29, 1.82) is 0 Å². The Morgan fingerprint density at radius 2 is 1.86 bits per heavy atom. The van der Waals surface area contributed by atoms with Crippen molar-refractivity contribution in [3.63, 3.8) is 0 Å². The van der Waals surface area contributed by atoms with Crippen LogP contribution in [0.4, 0.5) is 23.0 Å². The molecule has 0 unspecified atom stereocenters. The quantitative estimate of drug-likeness (QED) is 0.535. The third-order valence-corrected chi connectivity index (χ3v) is 4.78. The predicted octanol–water partition coefficient (Wildman–Crippen LogP) is 3.70. The second kappa shape index (κ2) is 7.51. The van der Waals surface area contributed by atoms with Crippen LogP contribution in [0.15, 0.2) is 54.9 Å². The molecule has 0 spiro atoms. The van der Waals surface area contributed by atoms with Crippen LogP contribution in [0.25, 0.3) is 0 Å². The fourth-order valence-corrected chi connectivity index (χ4v) is 3.41. The smallest absolute Gasteiger partial charge is 0.353 e. The van der Waals surface area contributed by atoms with Crippen LogP contribution >= 0.6 is 0 Å². The van der Waals surface area contributed by atoms with Gasteiger partial charge in [-0.2, -0.15) is 0 Å². The van der Waals surface area contributed by atoms with E-state index in [1.807, 2.05) is 35.2 Å². The van der Waals surface area contributed by atoms with E-state index in [0.717, 1.165) is 12.0 Å². The lowest BCUT2D eigenvalue weighted by atomic mass is 10.00. The lowest BCUT2D eigenvalue weighted by Crippen LogP contribution is -2.31. The van der Waals surface area contributed by atoms with Gasteiger partial charge in [-0.15, -0.1) is 0 Å². The maximum absolute atomic E-state index is 11.9. The molecule has 2 heterocycles. The van der Waals surface area contributed by atoms with Crippen molar-refractivity contribution in [2.24, 2.45) is 0 Å². The number of ether oxygens (including phenoxy) is 1. The minimum absolute atomic E-state index is 0.137. The van der Waals surface area contributed by atoms with Gasteiger partial charge in [-0.05, 0) is 29.7 Å². The minimum Gasteiger partial charge on any atom is -0.495 e. The van der Waals surface area contributed by atoms with E-state index in [1.54, 1.807) is 19.2 Å². The summed E-state index contributed by atoms with van der Waals surface area (Å²) in [4.78, 5) is 21.8. The molecule has 0 fully saturated rings. The van der Waals surface area contributed by atoms with E-state index < -0.39 is 4.92 Å². The summed E-state index contributed by atoms with van der Waals surface area (Å²) < 4.78 is 5.32. The van der Waals surface area contributed by atoms with Crippen molar-refractivity contribution in [1.82, 2.24) is 9.97 Å². The number of nitro groups is 1. The van der Waals surface area contributed by atoms with Crippen LogP contribution in [-0.2, 0) is 13.0 Å². The lowest BCUT2D eigenvalue weighted by Gasteiger charge is -2.29. The predicted molar refractivity (Wildman–Crippen MR) is 106 cm³/mol. The number of methoxy groups -OCH3 is 1. The van der Waals surface area contributed by atoms with Crippen LogP contribution in [0.2, 0.25) is 0 Å². The van der Waals surface area contributed by atoms with Gasteiger partial charge in [0.2, 0.25) is 11.6 Å². The standard InChI is InChI=1S/C20H19N5O3/c1-28-17-9-5-4-8-16(17)23-19-18(25(26)27)20(22-13-21-19)24-11-10-14-6-2-3-7-15(14)12-24/h2-9,13H,10-12H2,1H3,(H,21,22,23). The van der Waals surface area contributed by atoms with Gasteiger partial charge >= 0.3 is 5.69 Å². The average Bonchev–Trinajstić information content (AvgIpc) is 2.73. The fourth-order valence-electron chi connectivity index (χ4n) is 3.41. The average molecular weight is 377 g/mol. The molecule has 28 heavy (non-hydrogen) atoms. The van der Waals surface area contributed by atoms with Crippen molar-refractivity contribution in [3.05, 3.63) is 76.1 Å². The summed E-state index contributed by atoms with van der Waals surface area (Å²) in [5, 5.41) is 14.9. The molecule has 0 saturated carbocycles. The van der Waals surface area contributed by atoms with Crippen LogP contribution in [0.3, 0.4) is 0 Å². The Morgan fingerprint density at radius 3 is 2.64 bits per heavy atom. The highest BCUT2D eigenvalue weighted by Crippen LogP contribution is 2.37. The van der Waals surface area contributed by atoms with Crippen LogP contribution in [0.1, 0.15) is 11.1 Å². The van der Waals surface area contributed by atoms with Crippen LogP contribution < -0.4 is 15.0 Å². The Labute approximate surface area is 162 Å². The molecule has 1 N–H and O–H groups in total. The number of nitrogens with one attached hydrogen (secondary N) is 1. The van der Waals surface area contributed by atoms with Gasteiger partial charge in [0.1, 0.15) is 12.1 Å². The van der Waals surface area contributed by atoms with E-state index >= 15 is 0 Å². The molecule has 0 atom stereocenters. The summed E-state index contributed by atoms with van der Waals surface area (Å²) in [7, 11) is 1.55. The molecule has 2 aromatic carbocycles. The molecule has 0 radical (unpaired) electrons. The number of fused-ring (bicyclic) bond motifs is 1. The molecule has 0 bridgehead atoms. The Hall–Kier alpha value is -3.68. The number of para-hydroxylation sites is 2. The second-order valence-corrected chi connectivity index (χ2v) is 6.42. The first-order chi connectivity index (χ1) is 13.7. The summed E-state index contributed by atoms with van der Waals surface area (Å²) in [5.74, 6) is 1.02. The highest BCUT2D eigenvalue weighted by molar-refractivity contribution is 5.76. The third kappa shape index (κ3) is 3.32. The molecular weight excluding hydrogens is 358 g/mol. The highest BCUT2D eigenvalue weighted by Gasteiger charge is 2.29. The molecule has 1 aliphatic heterocycles. The van der Waals surface area contributed by atoms with Gasteiger partial charge in [0.05, 0.1) is 17.7 Å². The van der Waals surface area contributed by atoms with E-state index in [9.17, 15) is 10.1 Å². The van der Waals surface area contributed by atoms with Crippen LogP contribution in [-0.4, -0.2) is 28.5 Å². The van der Waals surface area contributed by atoms with Gasteiger partial charge in [0.25, 0.3) is 0 Å². The molecule has 0 aliphatic carbocycles. The third-order valence-electron chi connectivity index (χ3n) is 4.78. The van der Waals surface area contributed by atoms with Gasteiger partial charge in [-0.1, -0.05) is 36.4 Å². The van der Waals surface area contributed by atoms with Crippen LogP contribution in [0.5, 0.6) is 5.75 Å². The summed E-state index contributed by atoms with van der Waals surface area (Å²) in [6, 6.07) is 15.3. The van der Waals surface area contributed by atoms with E-state index in [4.69, 9.17) is 4.74 Å². The Bertz CT molecular complexity index is 1020. The first kappa shape index (κ1) is 17.7. The van der Waals surface area contributed by atoms with Crippen molar-refractivity contribution < 1.29 is 9.66 Å². The van der Waals surface area contributed by atoms with Gasteiger partial charge in [-0.3, -0.25) is 10.1 Å². The number of hydrogen-bond donors (Lipinski definition) is 1. The fraction of sp³-hybridized carbons (Fsp3) is 0.200. The maximum Gasteiger partial charge on any atom is 0.353 e. The topological polar surface area (TPSA) is 93.4 Å². The molecule has 8 heteroatoms. The normalized spacial score (nSPS) is 13.0. The van der Waals surface area contributed by atoms with E-state index in [2.05, 4.69) is 21.4 Å². The summed E-state index contributed by atoms with van der Waals surface area (Å²) in [6.07, 6.45) is 2.16. The summed E-state index contributed by atoms with van der Waals surface area (Å²) in [6.45, 7) is 1.23. The minimum atomic E-state index is -0.437. The molecule has 8 nitrogen and oxygen atoms in total. The Kier molecular flexibility index (Phi) is 4.76. The van der Waals surface area contributed by atoms with Crippen LogP contribution in [0, 0.1) is 10.1 Å². The van der Waals surface area contributed by atoms with Crippen molar-refractivity contribution >= 4 is 23.0 Å². The molecular formula is C20H19N5O3. The Balaban J connectivity index is 1.72. The summed E-state index contributed by atoms with van der Waals surface area (Å²) in [5.41, 5.74) is 2.87. The van der Waals surface area contributed by atoms with E-state index in [1.165, 1.54) is 11.9 Å². The maximum atomic E-state index is 11.9. The number of hydrogen-bond acceptors (Lipinski definition) is 7. The molecule has 1 aromatic heterocycles. The molecule has 3 aromatic rings. The summed E-state index contributed by atoms with van der Waals surface area (Å²) >= 11 is 0. The lowest BCUT2D eigenvalue weighted by molar-refractivity contribution is -0.383. The molecule has 1 aliphatic rings. The molecule has 142 valence electrons. The number of benzene rings is 2. The Morgan fingerprint density at radius 1 is 1.11 bits per heavy atom. The molecule has 0 saturated heterocycles. The van der Waals surface area contributed by atoms with Gasteiger partial charge in [0, 0.05) is 13.1 Å². The first-order valence-electron chi connectivity index (χ1n) is 8.88. The zero-order valence-corrected chi connectivity index (χ0v) is 15.3. The zero-order chi connectivity index (χ0) is 19.5. The van der Waals surface area contributed by atoms with E-state index in [0.29, 0.717) is 30.3 Å². The van der Waals surface area contributed by atoms with Gasteiger partial charge < -0.3 is 15.0 Å². The van der Waals surface area contributed by atoms with Crippen molar-refractivity contribution in [2.75, 3.05) is 23.9 Å². The highest BCUT2D eigenvalue weighted by atomic mass is 16.6. The number of rotatable bonds is 5. The first-order valence-corrected chi connectivity index (χ1v) is 8.88. The van der Waals surface area contributed by atoms with Gasteiger partial charge in [0.15, 0.2) is 0 Å². The monoisotopic (exact) mass is 377 g/mol. The largest absolute Gasteiger partial charge is 0.495 e.